The SMILES string of the molecule is COc1ncc(B2OCC(C)(C)CO2)c(C)c1C(C)C. The summed E-state index contributed by atoms with van der Waals surface area (Å²) in [5, 5.41) is 0. The van der Waals surface area contributed by atoms with Crippen LogP contribution in [0.5, 0.6) is 5.88 Å². The first-order chi connectivity index (χ1) is 9.35. The van der Waals surface area contributed by atoms with Crippen molar-refractivity contribution in [3.8, 4) is 5.88 Å². The molecule has 2 heterocycles. The van der Waals surface area contributed by atoms with Gasteiger partial charge in [-0.3, -0.25) is 0 Å². The van der Waals surface area contributed by atoms with Gasteiger partial charge in [0.1, 0.15) is 0 Å². The summed E-state index contributed by atoms with van der Waals surface area (Å²) in [5.74, 6) is 1.04. The van der Waals surface area contributed by atoms with Crippen molar-refractivity contribution in [2.45, 2.75) is 40.5 Å². The van der Waals surface area contributed by atoms with Crippen molar-refractivity contribution in [1.82, 2.24) is 4.98 Å². The van der Waals surface area contributed by atoms with E-state index >= 15 is 0 Å². The molecular weight excluding hydrogens is 253 g/mol. The number of hydrogen-bond donors (Lipinski definition) is 0. The summed E-state index contributed by atoms with van der Waals surface area (Å²) < 4.78 is 17.1. The Balaban J connectivity index is 2.32. The molecule has 5 heteroatoms. The van der Waals surface area contributed by atoms with Crippen LogP contribution in [0.1, 0.15) is 44.7 Å². The van der Waals surface area contributed by atoms with Crippen molar-refractivity contribution >= 4 is 12.6 Å². The minimum atomic E-state index is -0.320. The lowest BCUT2D eigenvalue weighted by atomic mass is 9.73. The molecule has 0 N–H and O–H groups in total. The molecule has 1 saturated heterocycles. The molecule has 4 nitrogen and oxygen atoms in total. The molecule has 0 atom stereocenters. The van der Waals surface area contributed by atoms with Crippen molar-refractivity contribution in [3.05, 3.63) is 17.3 Å². The van der Waals surface area contributed by atoms with Crippen LogP contribution in [0.3, 0.4) is 0 Å². The van der Waals surface area contributed by atoms with Gasteiger partial charge in [0.2, 0.25) is 5.88 Å². The van der Waals surface area contributed by atoms with Crippen LogP contribution in [0.25, 0.3) is 0 Å². The zero-order valence-corrected chi connectivity index (χ0v) is 13.3. The van der Waals surface area contributed by atoms with E-state index in [0.29, 0.717) is 25.0 Å². The first kappa shape index (κ1) is 15.3. The molecular formula is C15H24BNO3. The number of pyridine rings is 1. The zero-order chi connectivity index (χ0) is 14.9. The normalized spacial score (nSPS) is 18.4. The second kappa shape index (κ2) is 5.74. The van der Waals surface area contributed by atoms with Gasteiger partial charge in [-0.25, -0.2) is 4.98 Å². The second-order valence-electron chi connectivity index (χ2n) is 6.53. The van der Waals surface area contributed by atoms with E-state index in [1.54, 1.807) is 7.11 Å². The van der Waals surface area contributed by atoms with Gasteiger partial charge < -0.3 is 14.0 Å². The van der Waals surface area contributed by atoms with E-state index in [1.807, 2.05) is 6.20 Å². The van der Waals surface area contributed by atoms with Crippen molar-refractivity contribution in [3.63, 3.8) is 0 Å². The average molecular weight is 277 g/mol. The first-order valence-electron chi connectivity index (χ1n) is 7.12. The Bertz CT molecular complexity index is 478. The summed E-state index contributed by atoms with van der Waals surface area (Å²) in [6.07, 6.45) is 1.81. The molecule has 1 aromatic heterocycles. The van der Waals surface area contributed by atoms with Gasteiger partial charge in [-0.15, -0.1) is 0 Å². The lowest BCUT2D eigenvalue weighted by Gasteiger charge is -2.33. The summed E-state index contributed by atoms with van der Waals surface area (Å²) in [6.45, 7) is 12.0. The summed E-state index contributed by atoms with van der Waals surface area (Å²) >= 11 is 0. The summed E-state index contributed by atoms with van der Waals surface area (Å²) in [6, 6.07) is 0. The third kappa shape index (κ3) is 2.99. The standard InChI is InChI=1S/C15H24BNO3/c1-10(2)13-11(3)12(7-17-14(13)18-6)16-19-8-15(4,5)9-20-16/h7,10H,8-9H2,1-6H3. The molecule has 0 bridgehead atoms. The van der Waals surface area contributed by atoms with E-state index in [2.05, 4.69) is 39.6 Å². The molecule has 0 spiro atoms. The Kier molecular flexibility index (Phi) is 4.40. The van der Waals surface area contributed by atoms with Crippen LogP contribution in [0.2, 0.25) is 0 Å². The Morgan fingerprint density at radius 2 is 1.90 bits per heavy atom. The Morgan fingerprint density at radius 3 is 2.40 bits per heavy atom. The average Bonchev–Trinajstić information content (AvgIpc) is 2.38. The van der Waals surface area contributed by atoms with Gasteiger partial charge in [-0.05, 0) is 18.4 Å². The van der Waals surface area contributed by atoms with Crippen molar-refractivity contribution in [1.29, 1.82) is 0 Å². The van der Waals surface area contributed by atoms with E-state index in [4.69, 9.17) is 14.0 Å². The van der Waals surface area contributed by atoms with Crippen LogP contribution in [0.15, 0.2) is 6.20 Å². The number of ether oxygens (including phenoxy) is 1. The molecule has 110 valence electrons. The number of nitrogens with zero attached hydrogens (tertiary/aromatic N) is 1. The largest absolute Gasteiger partial charge is 0.495 e. The number of rotatable bonds is 3. The lowest BCUT2D eigenvalue weighted by molar-refractivity contribution is 0.0342. The highest BCUT2D eigenvalue weighted by atomic mass is 16.6. The second-order valence-corrected chi connectivity index (χ2v) is 6.53. The number of methoxy groups -OCH3 is 1. The van der Waals surface area contributed by atoms with Crippen LogP contribution in [0, 0.1) is 12.3 Å². The smallest absolute Gasteiger partial charge is 0.481 e. The third-order valence-electron chi connectivity index (χ3n) is 3.66. The fraction of sp³-hybridized carbons (Fsp3) is 0.667. The maximum absolute atomic E-state index is 5.87. The van der Waals surface area contributed by atoms with Gasteiger partial charge in [-0.1, -0.05) is 27.7 Å². The molecule has 0 aliphatic carbocycles. The fourth-order valence-electron chi connectivity index (χ4n) is 2.56. The van der Waals surface area contributed by atoms with Gasteiger partial charge in [-0.2, -0.15) is 0 Å². The molecule has 0 unspecified atom stereocenters. The van der Waals surface area contributed by atoms with Crippen molar-refractivity contribution in [2.24, 2.45) is 5.41 Å². The number of aromatic nitrogens is 1. The van der Waals surface area contributed by atoms with E-state index in [-0.39, 0.29) is 12.5 Å². The zero-order valence-electron chi connectivity index (χ0n) is 13.3. The van der Waals surface area contributed by atoms with E-state index in [0.717, 1.165) is 16.6 Å². The predicted octanol–water partition coefficient (Wildman–Crippen LogP) is 2.29. The molecule has 1 aromatic rings. The van der Waals surface area contributed by atoms with Crippen LogP contribution >= 0.6 is 0 Å². The number of hydrogen-bond acceptors (Lipinski definition) is 4. The molecule has 0 amide bonds. The van der Waals surface area contributed by atoms with E-state index < -0.39 is 0 Å². The van der Waals surface area contributed by atoms with Crippen molar-refractivity contribution < 1.29 is 14.0 Å². The minimum absolute atomic E-state index is 0.0746. The quantitative estimate of drug-likeness (QED) is 0.795. The van der Waals surface area contributed by atoms with Gasteiger partial charge in [0, 0.05) is 35.9 Å². The molecule has 2 rings (SSSR count). The maximum atomic E-state index is 5.87. The maximum Gasteiger partial charge on any atom is 0.495 e. The Morgan fingerprint density at radius 1 is 1.30 bits per heavy atom. The molecule has 20 heavy (non-hydrogen) atoms. The van der Waals surface area contributed by atoms with Crippen LogP contribution in [0.4, 0.5) is 0 Å². The summed E-state index contributed by atoms with van der Waals surface area (Å²) in [7, 11) is 1.34. The van der Waals surface area contributed by atoms with Gasteiger partial charge >= 0.3 is 7.12 Å². The summed E-state index contributed by atoms with van der Waals surface area (Å²) in [5.41, 5.74) is 3.36. The molecule has 1 aliphatic rings. The summed E-state index contributed by atoms with van der Waals surface area (Å²) in [4.78, 5) is 4.41. The Hall–Kier alpha value is -1.07. The van der Waals surface area contributed by atoms with Gasteiger partial charge in [0.05, 0.1) is 7.11 Å². The molecule has 1 fully saturated rings. The van der Waals surface area contributed by atoms with Crippen LogP contribution in [-0.4, -0.2) is 32.4 Å². The topological polar surface area (TPSA) is 40.6 Å². The molecule has 1 aliphatic heterocycles. The minimum Gasteiger partial charge on any atom is -0.481 e. The fourth-order valence-corrected chi connectivity index (χ4v) is 2.56. The predicted molar refractivity (Wildman–Crippen MR) is 80.7 cm³/mol. The monoisotopic (exact) mass is 277 g/mol. The van der Waals surface area contributed by atoms with Crippen LogP contribution < -0.4 is 10.2 Å². The highest BCUT2D eigenvalue weighted by Gasteiger charge is 2.35. The molecule has 0 saturated carbocycles. The van der Waals surface area contributed by atoms with E-state index in [9.17, 15) is 0 Å². The molecule has 0 aromatic carbocycles. The van der Waals surface area contributed by atoms with Gasteiger partial charge in [0.15, 0.2) is 0 Å². The molecule has 0 radical (unpaired) electrons. The first-order valence-corrected chi connectivity index (χ1v) is 7.12. The lowest BCUT2D eigenvalue weighted by Crippen LogP contribution is -2.48. The van der Waals surface area contributed by atoms with Crippen LogP contribution in [-0.2, 0) is 9.31 Å². The Labute approximate surface area is 122 Å². The third-order valence-corrected chi connectivity index (χ3v) is 3.66. The van der Waals surface area contributed by atoms with Gasteiger partial charge in [0.25, 0.3) is 0 Å². The van der Waals surface area contributed by atoms with E-state index in [1.165, 1.54) is 0 Å². The highest BCUT2D eigenvalue weighted by Crippen LogP contribution is 2.28. The van der Waals surface area contributed by atoms with Crippen molar-refractivity contribution in [2.75, 3.05) is 20.3 Å². The highest BCUT2D eigenvalue weighted by molar-refractivity contribution is 6.62.